The molecular weight excluding hydrogens is 244 g/mol. The largest absolute Gasteiger partial charge is 0.481 e. The molecular formula is C15H22O4. The fourth-order valence-electron chi connectivity index (χ4n) is 3.07. The monoisotopic (exact) mass is 266 g/mol. The van der Waals surface area contributed by atoms with Crippen LogP contribution in [0.15, 0.2) is 12.2 Å². The van der Waals surface area contributed by atoms with Crippen LogP contribution in [0.3, 0.4) is 0 Å². The number of carbonyl (C=O) groups is 2. The quantitative estimate of drug-likeness (QED) is 0.568. The van der Waals surface area contributed by atoms with Crippen LogP contribution in [-0.4, -0.2) is 23.7 Å². The van der Waals surface area contributed by atoms with Crippen molar-refractivity contribution in [1.82, 2.24) is 0 Å². The van der Waals surface area contributed by atoms with Gasteiger partial charge in [0.1, 0.15) is 6.61 Å². The van der Waals surface area contributed by atoms with Crippen LogP contribution in [0.25, 0.3) is 0 Å². The molecule has 0 spiro atoms. The van der Waals surface area contributed by atoms with E-state index in [2.05, 4.69) is 12.2 Å². The van der Waals surface area contributed by atoms with E-state index in [-0.39, 0.29) is 18.5 Å². The van der Waals surface area contributed by atoms with Crippen LogP contribution >= 0.6 is 0 Å². The first-order valence-electron chi connectivity index (χ1n) is 7.19. The van der Waals surface area contributed by atoms with Crippen LogP contribution in [0.5, 0.6) is 0 Å². The number of ether oxygens (including phenoxy) is 1. The van der Waals surface area contributed by atoms with E-state index < -0.39 is 11.9 Å². The number of carboxylic acid groups (broad SMARTS) is 1. The minimum atomic E-state index is -0.867. The highest BCUT2D eigenvalue weighted by molar-refractivity contribution is 5.75. The fourth-order valence-corrected chi connectivity index (χ4v) is 3.07. The van der Waals surface area contributed by atoms with Gasteiger partial charge in [-0.25, -0.2) is 0 Å². The van der Waals surface area contributed by atoms with Gasteiger partial charge in [0.15, 0.2) is 0 Å². The van der Waals surface area contributed by atoms with Crippen molar-refractivity contribution in [3.05, 3.63) is 12.2 Å². The Hall–Kier alpha value is -1.32. The van der Waals surface area contributed by atoms with Gasteiger partial charge in [-0.3, -0.25) is 9.59 Å². The van der Waals surface area contributed by atoms with E-state index in [0.29, 0.717) is 18.3 Å². The summed E-state index contributed by atoms with van der Waals surface area (Å²) in [6.45, 7) is 2.04. The molecule has 0 saturated heterocycles. The molecule has 2 rings (SSSR count). The third kappa shape index (κ3) is 3.37. The maximum Gasteiger partial charge on any atom is 0.309 e. The molecule has 0 aromatic rings. The molecule has 4 atom stereocenters. The van der Waals surface area contributed by atoms with Crippen molar-refractivity contribution < 1.29 is 19.4 Å². The normalized spacial score (nSPS) is 29.4. The van der Waals surface area contributed by atoms with Crippen molar-refractivity contribution in [2.45, 2.75) is 39.0 Å². The molecule has 0 amide bonds. The molecule has 0 aromatic heterocycles. The van der Waals surface area contributed by atoms with Gasteiger partial charge in [-0.05, 0) is 31.1 Å². The van der Waals surface area contributed by atoms with Crippen LogP contribution in [0.4, 0.5) is 0 Å². The smallest absolute Gasteiger partial charge is 0.309 e. The number of carbonyl (C=O) groups excluding carboxylic acids is 1. The first-order chi connectivity index (χ1) is 9.11. The Morgan fingerprint density at radius 3 is 2.68 bits per heavy atom. The standard InChI is InChI=1S/C15H22O4/c1-2-3-4-12(14(16)17)9-19-15(18)13-8-10-5-6-11(13)7-10/h5-6,10-13H,2-4,7-9H2,1H3,(H,16,17). The molecule has 0 aromatic carbocycles. The van der Waals surface area contributed by atoms with Crippen molar-refractivity contribution >= 4 is 11.9 Å². The van der Waals surface area contributed by atoms with Gasteiger partial charge < -0.3 is 9.84 Å². The lowest BCUT2D eigenvalue weighted by Crippen LogP contribution is -2.27. The van der Waals surface area contributed by atoms with Crippen molar-refractivity contribution in [3.63, 3.8) is 0 Å². The second kappa shape index (κ2) is 6.22. The number of hydrogen-bond acceptors (Lipinski definition) is 3. The van der Waals surface area contributed by atoms with Gasteiger partial charge in [0.05, 0.1) is 11.8 Å². The Morgan fingerprint density at radius 1 is 1.37 bits per heavy atom. The minimum Gasteiger partial charge on any atom is -0.481 e. The first-order valence-corrected chi connectivity index (χ1v) is 7.19. The zero-order valence-electron chi connectivity index (χ0n) is 11.4. The molecule has 2 aliphatic carbocycles. The van der Waals surface area contributed by atoms with E-state index in [0.717, 1.165) is 25.7 Å². The van der Waals surface area contributed by atoms with Gasteiger partial charge in [0.25, 0.3) is 0 Å². The molecule has 1 fully saturated rings. The molecule has 2 bridgehead atoms. The number of carboxylic acids is 1. The fraction of sp³-hybridized carbons (Fsp3) is 0.733. The average Bonchev–Trinajstić information content (AvgIpc) is 3.00. The third-order valence-electron chi connectivity index (χ3n) is 4.26. The molecule has 4 unspecified atom stereocenters. The lowest BCUT2D eigenvalue weighted by atomic mass is 9.94. The summed E-state index contributed by atoms with van der Waals surface area (Å²) >= 11 is 0. The maximum absolute atomic E-state index is 12.0. The molecule has 0 radical (unpaired) electrons. The van der Waals surface area contributed by atoms with E-state index >= 15 is 0 Å². The molecule has 0 heterocycles. The van der Waals surface area contributed by atoms with Crippen molar-refractivity contribution in [2.24, 2.45) is 23.7 Å². The number of aliphatic carboxylic acids is 1. The summed E-state index contributed by atoms with van der Waals surface area (Å²) in [7, 11) is 0. The summed E-state index contributed by atoms with van der Waals surface area (Å²) in [5.74, 6) is -0.836. The van der Waals surface area contributed by atoms with Crippen LogP contribution in [0.2, 0.25) is 0 Å². The molecule has 0 aliphatic heterocycles. The van der Waals surface area contributed by atoms with Crippen LogP contribution in [0, 0.1) is 23.7 Å². The van der Waals surface area contributed by atoms with E-state index in [1.165, 1.54) is 0 Å². The first kappa shape index (κ1) is 14.1. The Morgan fingerprint density at radius 2 is 2.16 bits per heavy atom. The highest BCUT2D eigenvalue weighted by Gasteiger charge is 2.41. The van der Waals surface area contributed by atoms with Gasteiger partial charge in [0, 0.05) is 0 Å². The number of rotatable bonds is 7. The van der Waals surface area contributed by atoms with Crippen molar-refractivity contribution in [2.75, 3.05) is 6.61 Å². The van der Waals surface area contributed by atoms with Gasteiger partial charge in [0.2, 0.25) is 0 Å². The Kier molecular flexibility index (Phi) is 4.61. The Bertz CT molecular complexity index is 374. The zero-order valence-corrected chi connectivity index (χ0v) is 11.4. The molecule has 106 valence electrons. The highest BCUT2D eigenvalue weighted by atomic mass is 16.5. The molecule has 2 aliphatic rings. The van der Waals surface area contributed by atoms with Gasteiger partial charge in [-0.15, -0.1) is 0 Å². The van der Waals surface area contributed by atoms with Crippen LogP contribution in [0.1, 0.15) is 39.0 Å². The number of hydrogen-bond donors (Lipinski definition) is 1. The summed E-state index contributed by atoms with van der Waals surface area (Å²) < 4.78 is 5.25. The Balaban J connectivity index is 1.78. The summed E-state index contributed by atoms with van der Waals surface area (Å²) in [6, 6.07) is 0. The Labute approximate surface area is 113 Å². The average molecular weight is 266 g/mol. The SMILES string of the molecule is CCCCC(COC(=O)C1CC2C=CC1C2)C(=O)O. The van der Waals surface area contributed by atoms with E-state index in [4.69, 9.17) is 9.84 Å². The summed E-state index contributed by atoms with van der Waals surface area (Å²) in [5, 5.41) is 9.08. The van der Waals surface area contributed by atoms with Gasteiger partial charge in [-0.2, -0.15) is 0 Å². The summed E-state index contributed by atoms with van der Waals surface area (Å²) in [6.07, 6.45) is 8.59. The summed E-state index contributed by atoms with van der Waals surface area (Å²) in [4.78, 5) is 23.1. The number of allylic oxidation sites excluding steroid dienone is 2. The number of unbranched alkanes of at least 4 members (excludes halogenated alkanes) is 1. The van der Waals surface area contributed by atoms with E-state index in [9.17, 15) is 9.59 Å². The number of esters is 1. The number of fused-ring (bicyclic) bond motifs is 2. The summed E-state index contributed by atoms with van der Waals surface area (Å²) in [5.41, 5.74) is 0. The predicted octanol–water partition coefficient (Wildman–Crippen LogP) is 2.63. The lowest BCUT2D eigenvalue weighted by molar-refractivity contribution is -0.155. The minimum absolute atomic E-state index is 0.0196. The van der Waals surface area contributed by atoms with Gasteiger partial charge in [-0.1, -0.05) is 31.9 Å². The maximum atomic E-state index is 12.0. The highest BCUT2D eigenvalue weighted by Crippen LogP contribution is 2.43. The molecule has 1 N–H and O–H groups in total. The van der Waals surface area contributed by atoms with E-state index in [1.54, 1.807) is 0 Å². The van der Waals surface area contributed by atoms with Gasteiger partial charge >= 0.3 is 11.9 Å². The molecule has 4 nitrogen and oxygen atoms in total. The second-order valence-electron chi connectivity index (χ2n) is 5.69. The third-order valence-corrected chi connectivity index (χ3v) is 4.26. The topological polar surface area (TPSA) is 63.6 Å². The zero-order chi connectivity index (χ0) is 13.8. The predicted molar refractivity (Wildman–Crippen MR) is 70.5 cm³/mol. The van der Waals surface area contributed by atoms with Crippen molar-refractivity contribution in [3.8, 4) is 0 Å². The van der Waals surface area contributed by atoms with E-state index in [1.807, 2.05) is 6.92 Å². The van der Waals surface area contributed by atoms with Crippen LogP contribution in [-0.2, 0) is 14.3 Å². The molecule has 1 saturated carbocycles. The lowest BCUT2D eigenvalue weighted by Gasteiger charge is -2.18. The molecule has 19 heavy (non-hydrogen) atoms. The second-order valence-corrected chi connectivity index (χ2v) is 5.69. The van der Waals surface area contributed by atoms with Crippen LogP contribution < -0.4 is 0 Å². The van der Waals surface area contributed by atoms with Crippen molar-refractivity contribution in [1.29, 1.82) is 0 Å². The molecule has 4 heteroatoms.